The molecule has 1 N–H and O–H groups in total. The quantitative estimate of drug-likeness (QED) is 0.630. The fraction of sp³-hybridized carbons (Fsp3) is 1.00. The van der Waals surface area contributed by atoms with Gasteiger partial charge in [-0.05, 0) is 49.9 Å². The van der Waals surface area contributed by atoms with E-state index in [9.17, 15) is 5.11 Å². The molecule has 0 aromatic heterocycles. The van der Waals surface area contributed by atoms with Crippen LogP contribution in [0.25, 0.3) is 0 Å². The van der Waals surface area contributed by atoms with E-state index in [2.05, 4.69) is 13.8 Å². The van der Waals surface area contributed by atoms with Crippen LogP contribution >= 0.6 is 0 Å². The Morgan fingerprint density at radius 3 is 2.50 bits per heavy atom. The highest BCUT2D eigenvalue weighted by Gasteiger charge is 2.44. The molecular formula is C13H24O. The van der Waals surface area contributed by atoms with Crippen LogP contribution in [0.15, 0.2) is 0 Å². The van der Waals surface area contributed by atoms with Crippen LogP contribution in [-0.4, -0.2) is 10.7 Å². The lowest BCUT2D eigenvalue weighted by molar-refractivity contribution is -0.0654. The van der Waals surface area contributed by atoms with Gasteiger partial charge in [0.15, 0.2) is 0 Å². The van der Waals surface area contributed by atoms with E-state index in [4.69, 9.17) is 0 Å². The van der Waals surface area contributed by atoms with Crippen molar-refractivity contribution in [1.82, 2.24) is 0 Å². The van der Waals surface area contributed by atoms with E-state index < -0.39 is 0 Å². The molecule has 2 rings (SSSR count). The van der Waals surface area contributed by atoms with E-state index in [1.54, 1.807) is 0 Å². The summed E-state index contributed by atoms with van der Waals surface area (Å²) < 4.78 is 0. The van der Waals surface area contributed by atoms with Gasteiger partial charge < -0.3 is 5.11 Å². The monoisotopic (exact) mass is 196 g/mol. The van der Waals surface area contributed by atoms with Crippen LogP contribution in [0.1, 0.15) is 59.3 Å². The minimum absolute atomic E-state index is 0.366. The maximum atomic E-state index is 10.1. The molecule has 0 spiro atoms. The summed E-state index contributed by atoms with van der Waals surface area (Å²) in [6.45, 7) is 6.86. The topological polar surface area (TPSA) is 20.2 Å². The molecule has 0 aromatic carbocycles. The van der Waals surface area contributed by atoms with Crippen molar-refractivity contribution in [2.45, 2.75) is 64.9 Å². The second kappa shape index (κ2) is 3.23. The summed E-state index contributed by atoms with van der Waals surface area (Å²) in [4.78, 5) is 0. The minimum atomic E-state index is -0.366. The smallest absolute Gasteiger partial charge is 0.0622 e. The Balaban J connectivity index is 2.11. The van der Waals surface area contributed by atoms with E-state index in [1.165, 1.54) is 25.7 Å². The Morgan fingerprint density at radius 1 is 1.07 bits per heavy atom. The van der Waals surface area contributed by atoms with E-state index in [1.807, 2.05) is 6.92 Å². The summed E-state index contributed by atoms with van der Waals surface area (Å²) >= 11 is 0. The van der Waals surface area contributed by atoms with Crippen molar-refractivity contribution >= 4 is 0 Å². The molecule has 3 atom stereocenters. The van der Waals surface area contributed by atoms with Crippen molar-refractivity contribution in [3.63, 3.8) is 0 Å². The lowest BCUT2D eigenvalue weighted by atomic mass is 9.57. The molecule has 0 aromatic rings. The Morgan fingerprint density at radius 2 is 1.79 bits per heavy atom. The molecule has 0 aliphatic heterocycles. The Bertz CT molecular complexity index is 217. The second-order valence-corrected chi connectivity index (χ2v) is 6.49. The average molecular weight is 196 g/mol. The zero-order chi connectivity index (χ0) is 10.4. The Kier molecular flexibility index (Phi) is 2.42. The van der Waals surface area contributed by atoms with E-state index >= 15 is 0 Å². The van der Waals surface area contributed by atoms with Crippen molar-refractivity contribution < 1.29 is 5.11 Å². The van der Waals surface area contributed by atoms with Crippen molar-refractivity contribution in [3.05, 3.63) is 0 Å². The van der Waals surface area contributed by atoms with E-state index in [0.717, 1.165) is 24.7 Å². The van der Waals surface area contributed by atoms with Gasteiger partial charge in [0.2, 0.25) is 0 Å². The van der Waals surface area contributed by atoms with Crippen molar-refractivity contribution in [3.8, 4) is 0 Å². The standard InChI is InChI=1S/C13H24O/c1-12(2)7-4-5-10-9-13(3,14)8-6-11(10)12/h10-11,14H,4-9H2,1-3H3/t10-,11-,13+/m1/s1. The molecule has 82 valence electrons. The summed E-state index contributed by atoms with van der Waals surface area (Å²) in [6.07, 6.45) is 7.40. The number of hydrogen-bond donors (Lipinski definition) is 1. The molecule has 0 heterocycles. The predicted molar refractivity (Wildman–Crippen MR) is 59.1 cm³/mol. The molecule has 0 amide bonds. The largest absolute Gasteiger partial charge is 0.390 e. The molecule has 2 fully saturated rings. The fourth-order valence-corrected chi connectivity index (χ4v) is 3.85. The van der Waals surface area contributed by atoms with Gasteiger partial charge in [-0.25, -0.2) is 0 Å². The Hall–Kier alpha value is -0.0400. The van der Waals surface area contributed by atoms with Gasteiger partial charge in [-0.1, -0.05) is 26.7 Å². The van der Waals surface area contributed by atoms with Gasteiger partial charge in [0.1, 0.15) is 0 Å². The third kappa shape index (κ3) is 1.84. The third-order valence-electron chi connectivity index (χ3n) is 4.66. The number of hydrogen-bond acceptors (Lipinski definition) is 1. The SMILES string of the molecule is CC1(C)CCC[C@@H]2C[C@@](C)(O)CC[C@H]21. The van der Waals surface area contributed by atoms with Gasteiger partial charge in [-0.3, -0.25) is 0 Å². The van der Waals surface area contributed by atoms with Gasteiger partial charge in [-0.15, -0.1) is 0 Å². The molecule has 2 saturated carbocycles. The maximum absolute atomic E-state index is 10.1. The van der Waals surface area contributed by atoms with E-state index in [-0.39, 0.29) is 5.60 Å². The first-order valence-corrected chi connectivity index (χ1v) is 6.13. The zero-order valence-corrected chi connectivity index (χ0v) is 9.84. The summed E-state index contributed by atoms with van der Waals surface area (Å²) in [6, 6.07) is 0. The van der Waals surface area contributed by atoms with Crippen molar-refractivity contribution in [1.29, 1.82) is 0 Å². The molecule has 0 bridgehead atoms. The van der Waals surface area contributed by atoms with Crippen molar-refractivity contribution in [2.75, 3.05) is 0 Å². The Labute approximate surface area is 87.9 Å². The first-order chi connectivity index (χ1) is 6.41. The van der Waals surface area contributed by atoms with Crippen LogP contribution in [-0.2, 0) is 0 Å². The lowest BCUT2D eigenvalue weighted by Gasteiger charge is -2.50. The molecule has 0 radical (unpaired) electrons. The fourth-order valence-electron chi connectivity index (χ4n) is 3.85. The lowest BCUT2D eigenvalue weighted by Crippen LogP contribution is -2.44. The van der Waals surface area contributed by atoms with Gasteiger partial charge in [0.25, 0.3) is 0 Å². The van der Waals surface area contributed by atoms with Crippen LogP contribution in [0.2, 0.25) is 0 Å². The van der Waals surface area contributed by atoms with Crippen LogP contribution in [0, 0.1) is 17.3 Å². The first kappa shape index (κ1) is 10.5. The third-order valence-corrected chi connectivity index (χ3v) is 4.66. The normalized spacial score (nSPS) is 47.1. The molecule has 2 aliphatic rings. The summed E-state index contributed by atoms with van der Waals surface area (Å²) in [7, 11) is 0. The van der Waals surface area contributed by atoms with Crippen LogP contribution in [0.3, 0.4) is 0 Å². The molecule has 1 heteroatoms. The number of rotatable bonds is 0. The maximum Gasteiger partial charge on any atom is 0.0622 e. The highest BCUT2D eigenvalue weighted by molar-refractivity contribution is 4.95. The molecule has 14 heavy (non-hydrogen) atoms. The number of aliphatic hydroxyl groups is 1. The summed E-state index contributed by atoms with van der Waals surface area (Å²) in [5.74, 6) is 1.67. The molecule has 2 aliphatic carbocycles. The van der Waals surface area contributed by atoms with Gasteiger partial charge in [0.05, 0.1) is 5.60 Å². The summed E-state index contributed by atoms with van der Waals surface area (Å²) in [5.41, 5.74) is 0.161. The molecule has 0 unspecified atom stereocenters. The van der Waals surface area contributed by atoms with Crippen LogP contribution in [0.4, 0.5) is 0 Å². The second-order valence-electron chi connectivity index (χ2n) is 6.49. The van der Waals surface area contributed by atoms with Gasteiger partial charge in [0, 0.05) is 0 Å². The van der Waals surface area contributed by atoms with Gasteiger partial charge >= 0.3 is 0 Å². The number of fused-ring (bicyclic) bond motifs is 1. The predicted octanol–water partition coefficient (Wildman–Crippen LogP) is 3.36. The zero-order valence-electron chi connectivity index (χ0n) is 9.84. The molecular weight excluding hydrogens is 172 g/mol. The van der Waals surface area contributed by atoms with Crippen molar-refractivity contribution in [2.24, 2.45) is 17.3 Å². The molecule has 1 nitrogen and oxygen atoms in total. The van der Waals surface area contributed by atoms with Crippen LogP contribution < -0.4 is 0 Å². The molecule has 0 saturated heterocycles. The minimum Gasteiger partial charge on any atom is -0.390 e. The van der Waals surface area contributed by atoms with E-state index in [0.29, 0.717) is 5.41 Å². The highest BCUT2D eigenvalue weighted by atomic mass is 16.3. The van der Waals surface area contributed by atoms with Gasteiger partial charge in [-0.2, -0.15) is 0 Å². The highest BCUT2D eigenvalue weighted by Crippen LogP contribution is 2.52. The first-order valence-electron chi connectivity index (χ1n) is 6.13. The summed E-state index contributed by atoms with van der Waals surface area (Å²) in [5, 5.41) is 10.1. The van der Waals surface area contributed by atoms with Crippen LogP contribution in [0.5, 0.6) is 0 Å². The average Bonchev–Trinajstić information content (AvgIpc) is 2.00.